The van der Waals surface area contributed by atoms with Crippen molar-refractivity contribution in [1.82, 2.24) is 4.98 Å². The van der Waals surface area contributed by atoms with E-state index in [0.717, 1.165) is 12.8 Å². The van der Waals surface area contributed by atoms with Gasteiger partial charge in [0.1, 0.15) is 0 Å². The number of aromatic carboxylic acids is 1. The van der Waals surface area contributed by atoms with Crippen molar-refractivity contribution in [2.75, 3.05) is 30.9 Å². The molecule has 6 heteroatoms. The minimum atomic E-state index is -1.03. The van der Waals surface area contributed by atoms with E-state index in [1.54, 1.807) is 0 Å². The zero-order valence-corrected chi connectivity index (χ0v) is 10.3. The summed E-state index contributed by atoms with van der Waals surface area (Å²) < 4.78 is 5.31. The van der Waals surface area contributed by atoms with Crippen molar-refractivity contribution in [2.45, 2.75) is 18.9 Å². The predicted molar refractivity (Wildman–Crippen MR) is 67.9 cm³/mol. The molecule has 0 aliphatic carbocycles. The molecule has 1 aliphatic rings. The fourth-order valence-corrected chi connectivity index (χ4v) is 2.18. The number of carbonyl (C=O) groups is 1. The predicted octanol–water partition coefficient (Wildman–Crippen LogP) is 0.977. The van der Waals surface area contributed by atoms with Gasteiger partial charge in [0, 0.05) is 32.5 Å². The van der Waals surface area contributed by atoms with Crippen LogP contribution in [0.3, 0.4) is 0 Å². The third kappa shape index (κ3) is 2.38. The first-order valence-electron chi connectivity index (χ1n) is 5.89. The molecule has 0 unspecified atom stereocenters. The molecule has 0 amide bonds. The molecule has 0 atom stereocenters. The fourth-order valence-electron chi connectivity index (χ4n) is 2.18. The van der Waals surface area contributed by atoms with Gasteiger partial charge in [0.05, 0.1) is 11.3 Å². The van der Waals surface area contributed by atoms with Gasteiger partial charge < -0.3 is 20.5 Å². The number of hydrogen-bond acceptors (Lipinski definition) is 5. The SMILES string of the molecule is CN(c1nccc(C(=O)O)c1N)C1CCOCC1. The third-order valence-corrected chi connectivity index (χ3v) is 3.27. The van der Waals surface area contributed by atoms with E-state index in [9.17, 15) is 4.79 Å². The Kier molecular flexibility index (Phi) is 3.66. The number of hydrogen-bond donors (Lipinski definition) is 2. The van der Waals surface area contributed by atoms with Crippen molar-refractivity contribution >= 4 is 17.5 Å². The van der Waals surface area contributed by atoms with Crippen molar-refractivity contribution in [3.63, 3.8) is 0 Å². The number of pyridine rings is 1. The molecule has 1 aromatic heterocycles. The number of carboxylic acids is 1. The van der Waals surface area contributed by atoms with Crippen molar-refractivity contribution in [1.29, 1.82) is 0 Å². The molecular formula is C12H17N3O3. The molecule has 1 aliphatic heterocycles. The van der Waals surface area contributed by atoms with Crippen molar-refractivity contribution in [2.24, 2.45) is 0 Å². The second-order valence-corrected chi connectivity index (χ2v) is 4.36. The van der Waals surface area contributed by atoms with E-state index in [-0.39, 0.29) is 17.3 Å². The summed E-state index contributed by atoms with van der Waals surface area (Å²) in [6.45, 7) is 1.43. The van der Waals surface area contributed by atoms with Crippen LogP contribution in [0.4, 0.5) is 11.5 Å². The van der Waals surface area contributed by atoms with Crippen LogP contribution in [0, 0.1) is 0 Å². The lowest BCUT2D eigenvalue weighted by Crippen LogP contribution is -2.37. The molecule has 98 valence electrons. The third-order valence-electron chi connectivity index (χ3n) is 3.27. The quantitative estimate of drug-likeness (QED) is 0.832. The largest absolute Gasteiger partial charge is 0.478 e. The standard InChI is InChI=1S/C12H17N3O3/c1-15(8-3-6-18-7-4-8)11-10(13)9(12(16)17)2-5-14-11/h2,5,8H,3-4,6-7,13H2,1H3,(H,16,17). The Morgan fingerprint density at radius 3 is 2.83 bits per heavy atom. The summed E-state index contributed by atoms with van der Waals surface area (Å²) >= 11 is 0. The fraction of sp³-hybridized carbons (Fsp3) is 0.500. The molecule has 0 spiro atoms. The summed E-state index contributed by atoms with van der Waals surface area (Å²) in [6.07, 6.45) is 3.27. The molecular weight excluding hydrogens is 234 g/mol. The summed E-state index contributed by atoms with van der Waals surface area (Å²) in [7, 11) is 1.89. The Morgan fingerprint density at radius 1 is 1.56 bits per heavy atom. The molecule has 3 N–H and O–H groups in total. The smallest absolute Gasteiger partial charge is 0.337 e. The summed E-state index contributed by atoms with van der Waals surface area (Å²) in [5.41, 5.74) is 6.19. The average Bonchev–Trinajstić information content (AvgIpc) is 2.39. The summed E-state index contributed by atoms with van der Waals surface area (Å²) in [6, 6.07) is 1.71. The van der Waals surface area contributed by atoms with Crippen LogP contribution in [-0.4, -0.2) is 42.4 Å². The van der Waals surface area contributed by atoms with Gasteiger partial charge in [-0.05, 0) is 18.9 Å². The highest BCUT2D eigenvalue weighted by molar-refractivity contribution is 5.96. The number of nitrogen functional groups attached to an aromatic ring is 1. The van der Waals surface area contributed by atoms with Gasteiger partial charge in [0.15, 0.2) is 5.82 Å². The topological polar surface area (TPSA) is 88.7 Å². The summed E-state index contributed by atoms with van der Waals surface area (Å²) in [5.74, 6) is -0.502. The van der Waals surface area contributed by atoms with Gasteiger partial charge in [-0.1, -0.05) is 0 Å². The lowest BCUT2D eigenvalue weighted by atomic mass is 10.1. The van der Waals surface area contributed by atoms with E-state index in [2.05, 4.69) is 4.98 Å². The van der Waals surface area contributed by atoms with Crippen LogP contribution >= 0.6 is 0 Å². The Morgan fingerprint density at radius 2 is 2.22 bits per heavy atom. The van der Waals surface area contributed by atoms with E-state index >= 15 is 0 Å². The highest BCUT2D eigenvalue weighted by Crippen LogP contribution is 2.27. The lowest BCUT2D eigenvalue weighted by Gasteiger charge is -2.32. The van der Waals surface area contributed by atoms with Gasteiger partial charge in [-0.3, -0.25) is 0 Å². The first-order valence-corrected chi connectivity index (χ1v) is 5.89. The Hall–Kier alpha value is -1.82. The summed E-state index contributed by atoms with van der Waals surface area (Å²) in [4.78, 5) is 17.2. The maximum Gasteiger partial charge on any atom is 0.337 e. The molecule has 0 saturated carbocycles. The van der Waals surface area contributed by atoms with Gasteiger partial charge >= 0.3 is 5.97 Å². The number of nitrogens with zero attached hydrogens (tertiary/aromatic N) is 2. The second kappa shape index (κ2) is 5.22. The Labute approximate surface area is 105 Å². The number of ether oxygens (including phenoxy) is 1. The van der Waals surface area contributed by atoms with Gasteiger partial charge in [0.25, 0.3) is 0 Å². The molecule has 0 bridgehead atoms. The van der Waals surface area contributed by atoms with Crippen molar-refractivity contribution in [3.8, 4) is 0 Å². The van der Waals surface area contributed by atoms with Gasteiger partial charge in [-0.25, -0.2) is 9.78 Å². The lowest BCUT2D eigenvalue weighted by molar-refractivity contribution is 0.0697. The van der Waals surface area contributed by atoms with E-state index < -0.39 is 5.97 Å². The average molecular weight is 251 g/mol. The zero-order valence-electron chi connectivity index (χ0n) is 10.3. The normalized spacial score (nSPS) is 16.5. The van der Waals surface area contributed by atoms with Gasteiger partial charge in [-0.15, -0.1) is 0 Å². The molecule has 18 heavy (non-hydrogen) atoms. The molecule has 2 rings (SSSR count). The maximum absolute atomic E-state index is 11.0. The van der Waals surface area contributed by atoms with E-state index in [4.69, 9.17) is 15.6 Å². The van der Waals surface area contributed by atoms with Gasteiger partial charge in [0.2, 0.25) is 0 Å². The van der Waals surface area contributed by atoms with Crippen LogP contribution in [0.25, 0.3) is 0 Å². The van der Waals surface area contributed by atoms with Crippen molar-refractivity contribution < 1.29 is 14.6 Å². The van der Waals surface area contributed by atoms with Crippen LogP contribution in [0.1, 0.15) is 23.2 Å². The number of aromatic nitrogens is 1. The Bertz CT molecular complexity index is 444. The zero-order chi connectivity index (χ0) is 13.1. The molecule has 0 aromatic carbocycles. The monoisotopic (exact) mass is 251 g/mol. The number of anilines is 2. The van der Waals surface area contributed by atoms with Crippen LogP contribution in [0.5, 0.6) is 0 Å². The first-order chi connectivity index (χ1) is 8.61. The van der Waals surface area contributed by atoms with Crippen molar-refractivity contribution in [3.05, 3.63) is 17.8 Å². The second-order valence-electron chi connectivity index (χ2n) is 4.36. The van der Waals surface area contributed by atoms with E-state index in [1.807, 2.05) is 11.9 Å². The number of rotatable bonds is 3. The van der Waals surface area contributed by atoms with E-state index in [1.165, 1.54) is 12.3 Å². The van der Waals surface area contributed by atoms with Crippen LogP contribution in [-0.2, 0) is 4.74 Å². The minimum Gasteiger partial charge on any atom is -0.478 e. The molecule has 0 radical (unpaired) electrons. The molecule has 1 aromatic rings. The molecule has 1 fully saturated rings. The minimum absolute atomic E-state index is 0.0962. The number of nitrogens with two attached hydrogens (primary N) is 1. The highest BCUT2D eigenvalue weighted by atomic mass is 16.5. The van der Waals surface area contributed by atoms with Crippen LogP contribution in [0.2, 0.25) is 0 Å². The number of carboxylic acid groups (broad SMARTS) is 1. The highest BCUT2D eigenvalue weighted by Gasteiger charge is 2.23. The Balaban J connectivity index is 2.26. The maximum atomic E-state index is 11.0. The van der Waals surface area contributed by atoms with Crippen LogP contribution in [0.15, 0.2) is 12.3 Å². The molecule has 1 saturated heterocycles. The van der Waals surface area contributed by atoms with E-state index in [0.29, 0.717) is 19.0 Å². The first kappa shape index (κ1) is 12.6. The molecule has 6 nitrogen and oxygen atoms in total. The summed E-state index contributed by atoms with van der Waals surface area (Å²) in [5, 5.41) is 9.04. The molecule has 2 heterocycles. The van der Waals surface area contributed by atoms with Gasteiger partial charge in [-0.2, -0.15) is 0 Å². The van der Waals surface area contributed by atoms with Crippen LogP contribution < -0.4 is 10.6 Å².